The molecule has 1 fully saturated rings. The highest BCUT2D eigenvalue weighted by atomic mass is 19.4. The molecule has 1 aromatic carbocycles. The fourth-order valence-corrected chi connectivity index (χ4v) is 3.36. The number of nitrogens with one attached hydrogen (secondary N) is 1. The Bertz CT molecular complexity index is 583. The summed E-state index contributed by atoms with van der Waals surface area (Å²) in [5, 5.41) is 3.23. The zero-order chi connectivity index (χ0) is 15.4. The number of rotatable bonds is 1. The number of amides is 1. The van der Waals surface area contributed by atoms with Crippen LogP contribution >= 0.6 is 0 Å². The molecule has 6 heteroatoms. The van der Waals surface area contributed by atoms with E-state index in [0.29, 0.717) is 18.7 Å². The molecule has 0 saturated carbocycles. The van der Waals surface area contributed by atoms with E-state index in [1.807, 2.05) is 13.8 Å². The van der Waals surface area contributed by atoms with Crippen molar-refractivity contribution in [3.05, 3.63) is 34.9 Å². The number of alkyl halides is 3. The smallest absolute Gasteiger partial charge is 0.326 e. The fourth-order valence-electron chi connectivity index (χ4n) is 3.36. The van der Waals surface area contributed by atoms with Crippen molar-refractivity contribution < 1.29 is 18.0 Å². The number of carbonyl (C=O) groups excluding carboxylic acids is 1. The van der Waals surface area contributed by atoms with E-state index in [1.54, 1.807) is 11.0 Å². The standard InChI is InChI=1S/C15H17F3N2O/c1-8(2)11-6-19-7-12-9-4-3-5-10(15(16,17)18)13(9)14(21)20(11)12/h3-5,8,11-12,19H,6-7H2,1-2H3/t11-,12+/m1/s1. The normalized spacial score (nSPS) is 25.2. The first kappa shape index (κ1) is 14.4. The number of fused-ring (bicyclic) bond motifs is 3. The molecule has 0 unspecified atom stereocenters. The lowest BCUT2D eigenvalue weighted by Crippen LogP contribution is -2.54. The van der Waals surface area contributed by atoms with Gasteiger partial charge in [0.25, 0.3) is 5.91 Å². The minimum Gasteiger partial charge on any atom is -0.326 e. The van der Waals surface area contributed by atoms with Gasteiger partial charge in [0, 0.05) is 19.1 Å². The van der Waals surface area contributed by atoms with Crippen LogP contribution in [0.4, 0.5) is 13.2 Å². The maximum absolute atomic E-state index is 13.2. The van der Waals surface area contributed by atoms with Crippen molar-refractivity contribution in [2.24, 2.45) is 5.92 Å². The monoisotopic (exact) mass is 298 g/mol. The second-order valence-corrected chi connectivity index (χ2v) is 5.97. The number of halogens is 3. The molecule has 0 radical (unpaired) electrons. The van der Waals surface area contributed by atoms with E-state index in [4.69, 9.17) is 0 Å². The van der Waals surface area contributed by atoms with Crippen molar-refractivity contribution in [3.63, 3.8) is 0 Å². The van der Waals surface area contributed by atoms with Gasteiger partial charge in [-0.15, -0.1) is 0 Å². The van der Waals surface area contributed by atoms with Gasteiger partial charge in [-0.2, -0.15) is 13.2 Å². The van der Waals surface area contributed by atoms with Gasteiger partial charge in [0.15, 0.2) is 0 Å². The minimum absolute atomic E-state index is 0.0790. The Morgan fingerprint density at radius 3 is 2.62 bits per heavy atom. The summed E-state index contributed by atoms with van der Waals surface area (Å²) in [5.74, 6) is -0.295. The first-order chi connectivity index (χ1) is 9.82. The molecule has 0 aromatic heterocycles. The van der Waals surface area contributed by atoms with Crippen LogP contribution in [0.25, 0.3) is 0 Å². The molecule has 1 saturated heterocycles. The highest BCUT2D eigenvalue weighted by molar-refractivity contribution is 6.01. The predicted molar refractivity (Wildman–Crippen MR) is 71.9 cm³/mol. The molecule has 21 heavy (non-hydrogen) atoms. The summed E-state index contributed by atoms with van der Waals surface area (Å²) in [6.07, 6.45) is -4.50. The second-order valence-electron chi connectivity index (χ2n) is 5.97. The average Bonchev–Trinajstić information content (AvgIpc) is 2.71. The maximum atomic E-state index is 13.2. The van der Waals surface area contributed by atoms with Gasteiger partial charge in [-0.25, -0.2) is 0 Å². The summed E-state index contributed by atoms with van der Waals surface area (Å²) in [5.41, 5.74) is -0.487. The topological polar surface area (TPSA) is 32.3 Å². The van der Waals surface area contributed by atoms with E-state index in [0.717, 1.165) is 6.07 Å². The van der Waals surface area contributed by atoms with E-state index in [1.165, 1.54) is 6.07 Å². The lowest BCUT2D eigenvalue weighted by molar-refractivity contribution is -0.137. The zero-order valence-corrected chi connectivity index (χ0v) is 11.9. The molecule has 2 aliphatic rings. The van der Waals surface area contributed by atoms with Gasteiger partial charge in [0.05, 0.1) is 17.2 Å². The number of piperazine rings is 1. The van der Waals surface area contributed by atoms with E-state index >= 15 is 0 Å². The summed E-state index contributed by atoms with van der Waals surface area (Å²) in [7, 11) is 0. The van der Waals surface area contributed by atoms with E-state index in [2.05, 4.69) is 5.32 Å². The molecule has 2 aliphatic heterocycles. The fraction of sp³-hybridized carbons (Fsp3) is 0.533. The van der Waals surface area contributed by atoms with E-state index in [-0.39, 0.29) is 23.6 Å². The van der Waals surface area contributed by atoms with Crippen molar-refractivity contribution in [3.8, 4) is 0 Å². The third-order valence-corrected chi connectivity index (χ3v) is 4.36. The number of hydrogen-bond donors (Lipinski definition) is 1. The average molecular weight is 298 g/mol. The van der Waals surface area contributed by atoms with Crippen LogP contribution in [-0.4, -0.2) is 29.9 Å². The molecule has 0 bridgehead atoms. The maximum Gasteiger partial charge on any atom is 0.417 e. The van der Waals surface area contributed by atoms with Crippen molar-refractivity contribution in [1.82, 2.24) is 10.2 Å². The van der Waals surface area contributed by atoms with Gasteiger partial charge in [-0.05, 0) is 17.5 Å². The lowest BCUT2D eigenvalue weighted by atomic mass is 9.96. The van der Waals surface area contributed by atoms with Gasteiger partial charge < -0.3 is 10.2 Å². The van der Waals surface area contributed by atoms with Crippen LogP contribution in [0.1, 0.15) is 41.4 Å². The molecule has 114 valence electrons. The molecule has 2 heterocycles. The zero-order valence-electron chi connectivity index (χ0n) is 11.9. The molecular weight excluding hydrogens is 281 g/mol. The molecule has 1 amide bonds. The van der Waals surface area contributed by atoms with Crippen LogP contribution in [-0.2, 0) is 6.18 Å². The summed E-state index contributed by atoms with van der Waals surface area (Å²) >= 11 is 0. The van der Waals surface area contributed by atoms with Gasteiger partial charge in [-0.1, -0.05) is 26.0 Å². The van der Waals surface area contributed by atoms with E-state index < -0.39 is 17.6 Å². The van der Waals surface area contributed by atoms with Gasteiger partial charge >= 0.3 is 6.18 Å². The largest absolute Gasteiger partial charge is 0.417 e. The number of nitrogens with zero attached hydrogens (tertiary/aromatic N) is 1. The van der Waals surface area contributed by atoms with Crippen molar-refractivity contribution in [2.75, 3.05) is 13.1 Å². The third-order valence-electron chi connectivity index (χ3n) is 4.36. The van der Waals surface area contributed by atoms with Crippen LogP contribution in [0, 0.1) is 5.92 Å². The SMILES string of the molecule is CC(C)[C@H]1CNC[C@H]2c3cccc(C(F)(F)F)c3C(=O)N12. The summed E-state index contributed by atoms with van der Waals surface area (Å²) < 4.78 is 39.5. The molecule has 0 spiro atoms. The highest BCUT2D eigenvalue weighted by Crippen LogP contribution is 2.43. The van der Waals surface area contributed by atoms with Gasteiger partial charge in [-0.3, -0.25) is 4.79 Å². The quantitative estimate of drug-likeness (QED) is 0.864. The molecule has 3 rings (SSSR count). The first-order valence-corrected chi connectivity index (χ1v) is 7.06. The molecule has 2 atom stereocenters. The van der Waals surface area contributed by atoms with Crippen LogP contribution < -0.4 is 5.32 Å². The Labute approximate surface area is 121 Å². The Morgan fingerprint density at radius 2 is 2.00 bits per heavy atom. The summed E-state index contributed by atoms with van der Waals surface area (Å²) in [6, 6.07) is 3.64. The van der Waals surface area contributed by atoms with Crippen LogP contribution in [0.3, 0.4) is 0 Å². The summed E-state index contributed by atoms with van der Waals surface area (Å²) in [6.45, 7) is 5.09. The second kappa shape index (κ2) is 4.73. The van der Waals surface area contributed by atoms with Gasteiger partial charge in [0.1, 0.15) is 0 Å². The molecule has 3 nitrogen and oxygen atoms in total. The Hall–Kier alpha value is -1.56. The number of carbonyl (C=O) groups is 1. The predicted octanol–water partition coefficient (Wildman–Crippen LogP) is 2.83. The third kappa shape index (κ3) is 2.12. The molecular formula is C15H17F3N2O. The van der Waals surface area contributed by atoms with Crippen molar-refractivity contribution in [1.29, 1.82) is 0 Å². The molecule has 1 N–H and O–H groups in total. The van der Waals surface area contributed by atoms with Crippen molar-refractivity contribution >= 4 is 5.91 Å². The minimum atomic E-state index is -4.50. The Kier molecular flexibility index (Phi) is 3.24. The molecule has 1 aromatic rings. The molecule has 0 aliphatic carbocycles. The van der Waals surface area contributed by atoms with Crippen LogP contribution in [0.5, 0.6) is 0 Å². The van der Waals surface area contributed by atoms with Crippen LogP contribution in [0.2, 0.25) is 0 Å². The van der Waals surface area contributed by atoms with Crippen molar-refractivity contribution in [2.45, 2.75) is 32.1 Å². The summed E-state index contributed by atoms with van der Waals surface area (Å²) in [4.78, 5) is 14.3. The van der Waals surface area contributed by atoms with E-state index in [9.17, 15) is 18.0 Å². The Balaban J connectivity index is 2.12. The Morgan fingerprint density at radius 1 is 1.29 bits per heavy atom. The first-order valence-electron chi connectivity index (χ1n) is 7.06. The lowest BCUT2D eigenvalue weighted by Gasteiger charge is -2.40. The highest BCUT2D eigenvalue weighted by Gasteiger charge is 2.48. The van der Waals surface area contributed by atoms with Crippen LogP contribution in [0.15, 0.2) is 18.2 Å². The van der Waals surface area contributed by atoms with Gasteiger partial charge in [0.2, 0.25) is 0 Å². The number of hydrogen-bond acceptors (Lipinski definition) is 2. The number of benzene rings is 1.